The summed E-state index contributed by atoms with van der Waals surface area (Å²) < 4.78 is 5.28. The molecular formula is C20H18N2O4. The van der Waals surface area contributed by atoms with E-state index in [1.807, 2.05) is 18.2 Å². The number of fused-ring (bicyclic) bond motifs is 1. The molecule has 1 aliphatic rings. The minimum atomic E-state index is -0.861. The van der Waals surface area contributed by atoms with Gasteiger partial charge < -0.3 is 20.1 Å². The third-order valence-corrected chi connectivity index (χ3v) is 4.03. The topological polar surface area (TPSA) is 91.4 Å². The second-order valence-electron chi connectivity index (χ2n) is 5.74. The highest BCUT2D eigenvalue weighted by Crippen LogP contribution is 2.36. The number of H-pyrrole nitrogens is 1. The maximum Gasteiger partial charge on any atom is 0.304 e. The van der Waals surface area contributed by atoms with E-state index < -0.39 is 5.97 Å². The number of benzene rings is 1. The normalized spacial score (nSPS) is 13.7. The summed E-state index contributed by atoms with van der Waals surface area (Å²) in [6.45, 7) is 0. The van der Waals surface area contributed by atoms with E-state index in [2.05, 4.69) is 22.1 Å². The molecule has 1 aliphatic heterocycles. The molecule has 1 amide bonds. The molecule has 6 heteroatoms. The molecule has 3 rings (SSSR count). The van der Waals surface area contributed by atoms with Gasteiger partial charge in [-0.25, -0.2) is 0 Å². The maximum absolute atomic E-state index is 12.4. The van der Waals surface area contributed by atoms with Crippen molar-refractivity contribution < 1.29 is 19.4 Å². The van der Waals surface area contributed by atoms with Gasteiger partial charge in [0.2, 0.25) is 0 Å². The highest BCUT2D eigenvalue weighted by molar-refractivity contribution is 6.35. The van der Waals surface area contributed by atoms with E-state index in [4.69, 9.17) is 9.84 Å². The molecule has 0 saturated heterocycles. The van der Waals surface area contributed by atoms with Crippen LogP contribution in [0.4, 0.5) is 5.69 Å². The van der Waals surface area contributed by atoms with Crippen molar-refractivity contribution in [1.29, 1.82) is 0 Å². The van der Waals surface area contributed by atoms with Crippen LogP contribution in [0.3, 0.4) is 0 Å². The Kier molecular flexibility index (Phi) is 5.09. The molecule has 132 valence electrons. The molecule has 2 aromatic rings. The zero-order valence-corrected chi connectivity index (χ0v) is 14.3. The Morgan fingerprint density at radius 3 is 2.92 bits per heavy atom. The van der Waals surface area contributed by atoms with E-state index in [1.165, 1.54) is 0 Å². The van der Waals surface area contributed by atoms with Crippen LogP contribution in [0.25, 0.3) is 11.6 Å². The number of aromatic amines is 1. The molecule has 0 aliphatic carbocycles. The lowest BCUT2D eigenvalue weighted by Gasteiger charge is -2.05. The second kappa shape index (κ2) is 7.62. The number of aliphatic carboxylic acids is 1. The van der Waals surface area contributed by atoms with Gasteiger partial charge in [0.25, 0.3) is 5.91 Å². The molecule has 0 fully saturated rings. The van der Waals surface area contributed by atoms with E-state index in [0.717, 1.165) is 16.8 Å². The van der Waals surface area contributed by atoms with Crippen LogP contribution in [0, 0.1) is 11.8 Å². The lowest BCUT2D eigenvalue weighted by molar-refractivity contribution is -0.136. The molecule has 26 heavy (non-hydrogen) atoms. The van der Waals surface area contributed by atoms with Crippen LogP contribution >= 0.6 is 0 Å². The van der Waals surface area contributed by atoms with Gasteiger partial charge in [-0.05, 0) is 23.8 Å². The average Bonchev–Trinajstić information content (AvgIpc) is 3.19. The Bertz CT molecular complexity index is 944. The predicted molar refractivity (Wildman–Crippen MR) is 98.6 cm³/mol. The van der Waals surface area contributed by atoms with Gasteiger partial charge in [0.05, 0.1) is 24.8 Å². The van der Waals surface area contributed by atoms with E-state index in [-0.39, 0.29) is 12.3 Å². The Morgan fingerprint density at radius 1 is 1.31 bits per heavy atom. The number of rotatable bonds is 5. The van der Waals surface area contributed by atoms with E-state index >= 15 is 0 Å². The summed E-state index contributed by atoms with van der Waals surface area (Å²) in [7, 11) is 1.58. The quantitative estimate of drug-likeness (QED) is 0.571. The Morgan fingerprint density at radius 2 is 2.15 bits per heavy atom. The molecule has 0 atom stereocenters. The fourth-order valence-electron chi connectivity index (χ4n) is 2.83. The van der Waals surface area contributed by atoms with Crippen LogP contribution < -0.4 is 10.1 Å². The standard InChI is InChI=1S/C20H18N2O4/c1-26-17-10-11-21-16(17)12-14-19-13(6-3-2-4-9-18(23)24)7-5-8-15(19)22-20(14)25/h5,7-8,10-12,21H,4,6,9H2,1H3,(H,22,25)(H,23,24)/b14-12-. The SMILES string of the molecule is COc1cc[nH]c1/C=C1\C(=O)Nc2cccc(CC#CCCC(=O)O)c21. The van der Waals surface area contributed by atoms with Gasteiger partial charge in [-0.3, -0.25) is 9.59 Å². The first kappa shape index (κ1) is 17.4. The van der Waals surface area contributed by atoms with Crippen molar-refractivity contribution in [1.82, 2.24) is 4.98 Å². The third kappa shape index (κ3) is 3.62. The van der Waals surface area contributed by atoms with Crippen molar-refractivity contribution in [3.8, 4) is 17.6 Å². The number of ether oxygens (including phenoxy) is 1. The molecule has 6 nitrogen and oxygen atoms in total. The third-order valence-electron chi connectivity index (χ3n) is 4.03. The number of aromatic nitrogens is 1. The smallest absolute Gasteiger partial charge is 0.304 e. The van der Waals surface area contributed by atoms with Gasteiger partial charge in [0.1, 0.15) is 5.75 Å². The fraction of sp³-hybridized carbons (Fsp3) is 0.200. The summed E-state index contributed by atoms with van der Waals surface area (Å²) in [6, 6.07) is 7.43. The largest absolute Gasteiger partial charge is 0.495 e. The lowest BCUT2D eigenvalue weighted by atomic mass is 9.97. The number of carbonyl (C=O) groups is 2. The van der Waals surface area contributed by atoms with Crippen LogP contribution in [0.5, 0.6) is 5.75 Å². The minimum Gasteiger partial charge on any atom is -0.495 e. The molecule has 0 saturated carbocycles. The van der Waals surface area contributed by atoms with Crippen molar-refractivity contribution in [2.75, 3.05) is 12.4 Å². The number of hydrogen-bond donors (Lipinski definition) is 3. The van der Waals surface area contributed by atoms with Crippen LogP contribution in [-0.4, -0.2) is 29.1 Å². The number of carboxylic acids is 1. The maximum atomic E-state index is 12.4. The van der Waals surface area contributed by atoms with Gasteiger partial charge in [-0.2, -0.15) is 0 Å². The average molecular weight is 350 g/mol. The van der Waals surface area contributed by atoms with Gasteiger partial charge in [-0.15, -0.1) is 5.92 Å². The van der Waals surface area contributed by atoms with E-state index in [1.54, 1.807) is 25.4 Å². The molecule has 0 unspecified atom stereocenters. The lowest BCUT2D eigenvalue weighted by Crippen LogP contribution is -2.03. The molecule has 2 heterocycles. The number of carboxylic acid groups (broad SMARTS) is 1. The van der Waals surface area contributed by atoms with Crippen molar-refractivity contribution >= 4 is 29.2 Å². The summed E-state index contributed by atoms with van der Waals surface area (Å²) >= 11 is 0. The summed E-state index contributed by atoms with van der Waals surface area (Å²) in [5, 5.41) is 11.5. The van der Waals surface area contributed by atoms with Crippen LogP contribution in [0.2, 0.25) is 0 Å². The van der Waals surface area contributed by atoms with Crippen LogP contribution in [-0.2, 0) is 16.0 Å². The number of nitrogens with one attached hydrogen (secondary N) is 2. The monoisotopic (exact) mass is 350 g/mol. The summed E-state index contributed by atoms with van der Waals surface area (Å²) in [6.07, 6.45) is 4.29. The molecule has 1 aromatic heterocycles. The van der Waals surface area contributed by atoms with Gasteiger partial charge in [-0.1, -0.05) is 18.1 Å². The first-order valence-electron chi connectivity index (χ1n) is 8.14. The molecule has 3 N–H and O–H groups in total. The second-order valence-corrected chi connectivity index (χ2v) is 5.74. The Labute approximate surface area is 150 Å². The van der Waals surface area contributed by atoms with Gasteiger partial charge in [0.15, 0.2) is 0 Å². The molecule has 0 spiro atoms. The summed E-state index contributed by atoms with van der Waals surface area (Å²) in [5.41, 5.74) is 3.75. The number of carbonyl (C=O) groups excluding carboxylic acids is 1. The van der Waals surface area contributed by atoms with Crippen molar-refractivity contribution in [2.45, 2.75) is 19.3 Å². The summed E-state index contributed by atoms with van der Waals surface area (Å²) in [4.78, 5) is 26.0. The van der Waals surface area contributed by atoms with E-state index in [0.29, 0.717) is 29.9 Å². The highest BCUT2D eigenvalue weighted by Gasteiger charge is 2.26. The zero-order valence-electron chi connectivity index (χ0n) is 14.3. The summed E-state index contributed by atoms with van der Waals surface area (Å²) in [5.74, 6) is 5.47. The zero-order chi connectivity index (χ0) is 18.5. The number of hydrogen-bond acceptors (Lipinski definition) is 3. The molecule has 0 radical (unpaired) electrons. The number of amides is 1. The van der Waals surface area contributed by atoms with Crippen LogP contribution in [0.15, 0.2) is 30.5 Å². The first-order chi connectivity index (χ1) is 12.6. The highest BCUT2D eigenvalue weighted by atomic mass is 16.5. The fourth-order valence-corrected chi connectivity index (χ4v) is 2.83. The van der Waals surface area contributed by atoms with E-state index in [9.17, 15) is 9.59 Å². The molecular weight excluding hydrogens is 332 g/mol. The number of methoxy groups -OCH3 is 1. The van der Waals surface area contributed by atoms with Crippen molar-refractivity contribution in [2.24, 2.45) is 0 Å². The number of anilines is 1. The first-order valence-corrected chi connectivity index (χ1v) is 8.14. The molecule has 0 bridgehead atoms. The minimum absolute atomic E-state index is 0.0255. The van der Waals surface area contributed by atoms with Crippen molar-refractivity contribution in [3.05, 3.63) is 47.3 Å². The van der Waals surface area contributed by atoms with Crippen LogP contribution in [0.1, 0.15) is 29.7 Å². The van der Waals surface area contributed by atoms with Gasteiger partial charge >= 0.3 is 5.97 Å². The Hall–Kier alpha value is -3.46. The van der Waals surface area contributed by atoms with Crippen molar-refractivity contribution in [3.63, 3.8) is 0 Å². The van der Waals surface area contributed by atoms with Gasteiger partial charge in [0, 0.05) is 30.3 Å². The molecule has 1 aromatic carbocycles. The predicted octanol–water partition coefficient (Wildman–Crippen LogP) is 2.93. The Balaban J connectivity index is 1.91.